The van der Waals surface area contributed by atoms with Crippen LogP contribution in [0.15, 0.2) is 24.3 Å². The average molecular weight is 297 g/mol. The molecule has 2 unspecified atom stereocenters. The molecule has 0 radical (unpaired) electrons. The van der Waals surface area contributed by atoms with Crippen LogP contribution in [0.25, 0.3) is 0 Å². The summed E-state index contributed by atoms with van der Waals surface area (Å²) in [7, 11) is 0. The molecule has 5 heteroatoms. The number of amides is 1. The number of halogens is 3. The molecule has 21 heavy (non-hydrogen) atoms. The van der Waals surface area contributed by atoms with E-state index >= 15 is 0 Å². The molecule has 1 heterocycles. The first-order valence-corrected chi connectivity index (χ1v) is 7.44. The first kappa shape index (κ1) is 14.4. The normalized spacial score (nSPS) is 25.8. The van der Waals surface area contributed by atoms with Crippen molar-refractivity contribution in [3.63, 3.8) is 0 Å². The number of carbonyl (C=O) groups excluding carboxylic acids is 1. The van der Waals surface area contributed by atoms with E-state index in [1.807, 2.05) is 24.3 Å². The van der Waals surface area contributed by atoms with Crippen molar-refractivity contribution in [2.75, 3.05) is 6.54 Å². The van der Waals surface area contributed by atoms with Gasteiger partial charge in [-0.2, -0.15) is 13.2 Å². The number of fused-ring (bicyclic) bond motifs is 3. The van der Waals surface area contributed by atoms with Gasteiger partial charge < -0.3 is 4.90 Å². The summed E-state index contributed by atoms with van der Waals surface area (Å²) in [5, 5.41) is 0. The van der Waals surface area contributed by atoms with Gasteiger partial charge in [0.2, 0.25) is 0 Å². The van der Waals surface area contributed by atoms with E-state index in [9.17, 15) is 18.0 Å². The van der Waals surface area contributed by atoms with Crippen LogP contribution in [-0.4, -0.2) is 29.6 Å². The number of hydrogen-bond donors (Lipinski definition) is 0. The van der Waals surface area contributed by atoms with Crippen LogP contribution in [0.2, 0.25) is 0 Å². The fourth-order valence-corrected chi connectivity index (χ4v) is 3.79. The summed E-state index contributed by atoms with van der Waals surface area (Å²) in [6.07, 6.45) is -0.831. The zero-order valence-electron chi connectivity index (χ0n) is 11.7. The zero-order valence-corrected chi connectivity index (χ0v) is 11.7. The lowest BCUT2D eigenvalue weighted by Gasteiger charge is -2.38. The maximum absolute atomic E-state index is 12.9. The van der Waals surface area contributed by atoms with E-state index in [1.54, 1.807) is 0 Å². The summed E-state index contributed by atoms with van der Waals surface area (Å²) in [5.74, 6) is -1.63. The predicted molar refractivity (Wildman–Crippen MR) is 72.9 cm³/mol. The Morgan fingerprint density at radius 3 is 2.62 bits per heavy atom. The Kier molecular flexibility index (Phi) is 3.68. The molecule has 1 fully saturated rings. The third kappa shape index (κ3) is 2.65. The lowest BCUT2D eigenvalue weighted by atomic mass is 9.78. The van der Waals surface area contributed by atoms with Crippen LogP contribution >= 0.6 is 0 Å². The van der Waals surface area contributed by atoms with Gasteiger partial charge in [-0.3, -0.25) is 4.79 Å². The molecule has 0 aromatic heterocycles. The number of rotatable bonds is 0. The van der Waals surface area contributed by atoms with Gasteiger partial charge in [0, 0.05) is 18.5 Å². The Hall–Kier alpha value is -1.52. The van der Waals surface area contributed by atoms with Crippen LogP contribution in [0.5, 0.6) is 0 Å². The van der Waals surface area contributed by atoms with E-state index < -0.39 is 12.1 Å². The number of hydrogen-bond acceptors (Lipinski definition) is 1. The van der Waals surface area contributed by atoms with Crippen LogP contribution in [-0.2, 0) is 11.2 Å². The van der Waals surface area contributed by atoms with Crippen molar-refractivity contribution >= 4 is 5.91 Å². The molecule has 0 bridgehead atoms. The topological polar surface area (TPSA) is 20.3 Å². The summed E-state index contributed by atoms with van der Waals surface area (Å²) in [4.78, 5) is 12.9. The molecule has 3 rings (SSSR count). The predicted octanol–water partition coefficient (Wildman–Crippen LogP) is 3.66. The monoisotopic (exact) mass is 297 g/mol. The molecule has 1 aliphatic heterocycles. The fraction of sp³-hybridized carbons (Fsp3) is 0.562. The van der Waals surface area contributed by atoms with E-state index in [-0.39, 0.29) is 18.5 Å². The summed E-state index contributed by atoms with van der Waals surface area (Å²) >= 11 is 0. The van der Waals surface area contributed by atoms with Crippen molar-refractivity contribution in [3.8, 4) is 0 Å². The van der Waals surface area contributed by atoms with Gasteiger partial charge in [0.05, 0.1) is 0 Å². The summed E-state index contributed by atoms with van der Waals surface area (Å²) in [6, 6.07) is 7.53. The molecule has 1 saturated carbocycles. The largest absolute Gasteiger partial charge is 0.471 e. The van der Waals surface area contributed by atoms with Crippen molar-refractivity contribution in [2.24, 2.45) is 0 Å². The first-order valence-electron chi connectivity index (χ1n) is 7.44. The minimum absolute atomic E-state index is 0.0451. The Balaban J connectivity index is 1.98. The van der Waals surface area contributed by atoms with E-state index in [0.717, 1.165) is 35.3 Å². The average Bonchev–Trinajstić information content (AvgIpc) is 2.63. The molecule has 1 aromatic carbocycles. The van der Waals surface area contributed by atoms with Gasteiger partial charge in [-0.25, -0.2) is 0 Å². The minimum Gasteiger partial charge on any atom is -0.331 e. The van der Waals surface area contributed by atoms with E-state index in [2.05, 4.69) is 0 Å². The maximum atomic E-state index is 12.9. The van der Waals surface area contributed by atoms with Crippen molar-refractivity contribution in [1.29, 1.82) is 0 Å². The third-order valence-electron chi connectivity index (χ3n) is 4.71. The second-order valence-corrected chi connectivity index (χ2v) is 5.90. The van der Waals surface area contributed by atoms with Crippen LogP contribution in [0.1, 0.15) is 42.7 Å². The quantitative estimate of drug-likeness (QED) is 0.715. The molecule has 0 spiro atoms. The van der Waals surface area contributed by atoms with Gasteiger partial charge in [-0.05, 0) is 30.4 Å². The van der Waals surface area contributed by atoms with Gasteiger partial charge >= 0.3 is 12.1 Å². The van der Waals surface area contributed by atoms with Gasteiger partial charge in [-0.15, -0.1) is 0 Å². The fourth-order valence-electron chi connectivity index (χ4n) is 3.79. The Bertz CT molecular complexity index is 541. The first-order chi connectivity index (χ1) is 9.98. The van der Waals surface area contributed by atoms with Gasteiger partial charge in [-0.1, -0.05) is 37.1 Å². The highest BCUT2D eigenvalue weighted by Gasteiger charge is 2.47. The van der Waals surface area contributed by atoms with Crippen molar-refractivity contribution in [2.45, 2.75) is 50.2 Å². The summed E-state index contributed by atoms with van der Waals surface area (Å²) in [6.45, 7) is 0.163. The van der Waals surface area contributed by atoms with Gasteiger partial charge in [0.25, 0.3) is 0 Å². The Morgan fingerprint density at radius 1 is 1.14 bits per heavy atom. The van der Waals surface area contributed by atoms with E-state index in [0.29, 0.717) is 12.8 Å². The second-order valence-electron chi connectivity index (χ2n) is 5.90. The Morgan fingerprint density at radius 2 is 1.86 bits per heavy atom. The number of alkyl halides is 3. The molecule has 2 atom stereocenters. The minimum atomic E-state index is -4.78. The molecule has 2 nitrogen and oxygen atoms in total. The van der Waals surface area contributed by atoms with Crippen molar-refractivity contribution < 1.29 is 18.0 Å². The molecular weight excluding hydrogens is 279 g/mol. The van der Waals surface area contributed by atoms with Crippen LogP contribution in [0.4, 0.5) is 13.2 Å². The molecular formula is C16H18F3NO. The maximum Gasteiger partial charge on any atom is 0.471 e. The molecule has 0 saturated heterocycles. The second kappa shape index (κ2) is 5.35. The SMILES string of the molecule is O=C(N1CCc2ccccc2C2CCCCC21)C(F)(F)F. The van der Waals surface area contributed by atoms with Crippen molar-refractivity contribution in [1.82, 2.24) is 4.90 Å². The number of nitrogens with zero attached hydrogens (tertiary/aromatic N) is 1. The molecule has 1 amide bonds. The molecule has 1 aliphatic carbocycles. The third-order valence-corrected chi connectivity index (χ3v) is 4.71. The highest BCUT2D eigenvalue weighted by molar-refractivity contribution is 5.82. The lowest BCUT2D eigenvalue weighted by Crippen LogP contribution is -2.50. The summed E-state index contributed by atoms with van der Waals surface area (Å²) in [5.41, 5.74) is 2.23. The highest BCUT2D eigenvalue weighted by atomic mass is 19.4. The zero-order chi connectivity index (χ0) is 15.0. The molecule has 2 aliphatic rings. The van der Waals surface area contributed by atoms with Crippen LogP contribution < -0.4 is 0 Å². The van der Waals surface area contributed by atoms with Gasteiger partial charge in [0.1, 0.15) is 0 Å². The molecule has 1 aromatic rings. The van der Waals surface area contributed by atoms with E-state index in [1.165, 1.54) is 0 Å². The standard InChI is InChI=1S/C16H18F3NO/c17-16(18,19)15(21)20-10-9-11-5-1-2-6-12(11)13-7-3-4-8-14(13)20/h1-2,5-6,13-14H,3-4,7-10H2. The summed E-state index contributed by atoms with van der Waals surface area (Å²) < 4.78 is 38.6. The number of benzene rings is 1. The molecule has 114 valence electrons. The van der Waals surface area contributed by atoms with Crippen molar-refractivity contribution in [3.05, 3.63) is 35.4 Å². The lowest BCUT2D eigenvalue weighted by molar-refractivity contribution is -0.188. The highest BCUT2D eigenvalue weighted by Crippen LogP contribution is 2.41. The Labute approximate surface area is 121 Å². The van der Waals surface area contributed by atoms with E-state index in [4.69, 9.17) is 0 Å². The van der Waals surface area contributed by atoms with Gasteiger partial charge in [0.15, 0.2) is 0 Å². The van der Waals surface area contributed by atoms with Crippen LogP contribution in [0.3, 0.4) is 0 Å². The smallest absolute Gasteiger partial charge is 0.331 e. The molecule has 0 N–H and O–H groups in total. The van der Waals surface area contributed by atoms with Crippen LogP contribution in [0, 0.1) is 0 Å². The number of carbonyl (C=O) groups is 1.